The van der Waals surface area contributed by atoms with Crippen LogP contribution in [0.2, 0.25) is 10.0 Å². The molecule has 0 saturated carbocycles. The molecule has 1 atom stereocenters. The molecule has 1 aromatic rings. The van der Waals surface area contributed by atoms with E-state index in [1.54, 1.807) is 13.2 Å². The molecule has 4 heteroatoms. The molecular formula is C13H17BrCl2O. The van der Waals surface area contributed by atoms with Crippen LogP contribution >= 0.6 is 39.1 Å². The minimum absolute atomic E-state index is 0.230. The summed E-state index contributed by atoms with van der Waals surface area (Å²) >= 11 is 16.1. The van der Waals surface area contributed by atoms with Gasteiger partial charge in [-0.15, -0.1) is 0 Å². The van der Waals surface area contributed by atoms with Crippen molar-refractivity contribution < 1.29 is 4.74 Å². The first-order chi connectivity index (χ1) is 8.04. The van der Waals surface area contributed by atoms with Gasteiger partial charge in [-0.05, 0) is 17.5 Å². The molecule has 0 saturated heterocycles. The Balaban J connectivity index is 3.09. The number of alkyl halides is 1. The van der Waals surface area contributed by atoms with Crippen molar-refractivity contribution in [2.24, 2.45) is 5.92 Å². The van der Waals surface area contributed by atoms with Crippen LogP contribution in [0.4, 0.5) is 0 Å². The minimum Gasteiger partial charge on any atom is -0.495 e. The van der Waals surface area contributed by atoms with Crippen LogP contribution in [0.15, 0.2) is 12.1 Å². The molecule has 1 nitrogen and oxygen atoms in total. The molecule has 0 radical (unpaired) electrons. The summed E-state index contributed by atoms with van der Waals surface area (Å²) < 4.78 is 5.14. The molecule has 96 valence electrons. The smallest absolute Gasteiger partial charge is 0.138 e. The van der Waals surface area contributed by atoms with Gasteiger partial charge in [-0.1, -0.05) is 65.8 Å². The fraction of sp³-hybridized carbons (Fsp3) is 0.538. The predicted molar refractivity (Wildman–Crippen MR) is 78.8 cm³/mol. The SMILES string of the molecule is CCC(CC)C(Br)c1cc(Cl)c(OC)cc1Cl. The van der Waals surface area contributed by atoms with Crippen LogP contribution in [0, 0.1) is 5.92 Å². The standard InChI is InChI=1S/C13H17BrCl2O/c1-4-8(5-2)13(14)9-6-11(16)12(17-3)7-10(9)15/h6-8,13H,4-5H2,1-3H3. The molecule has 1 aromatic carbocycles. The Kier molecular flexibility index (Phi) is 6.11. The summed E-state index contributed by atoms with van der Waals surface area (Å²) in [6.07, 6.45) is 2.21. The third-order valence-electron chi connectivity index (χ3n) is 3.03. The van der Waals surface area contributed by atoms with E-state index >= 15 is 0 Å². The summed E-state index contributed by atoms with van der Waals surface area (Å²) in [7, 11) is 1.59. The van der Waals surface area contributed by atoms with E-state index in [0.717, 1.165) is 18.4 Å². The highest BCUT2D eigenvalue weighted by molar-refractivity contribution is 9.09. The molecule has 0 N–H and O–H groups in total. The largest absolute Gasteiger partial charge is 0.495 e. The molecule has 17 heavy (non-hydrogen) atoms. The monoisotopic (exact) mass is 338 g/mol. The highest BCUT2D eigenvalue weighted by Crippen LogP contribution is 2.42. The molecule has 0 aliphatic carbocycles. The third-order valence-corrected chi connectivity index (χ3v) is 4.89. The topological polar surface area (TPSA) is 9.23 Å². The first kappa shape index (κ1) is 15.1. The van der Waals surface area contributed by atoms with E-state index in [1.807, 2.05) is 6.07 Å². The van der Waals surface area contributed by atoms with E-state index in [9.17, 15) is 0 Å². The van der Waals surface area contributed by atoms with Crippen molar-refractivity contribution in [1.82, 2.24) is 0 Å². The Hall–Kier alpha value is 0.0800. The van der Waals surface area contributed by atoms with Crippen LogP contribution in [-0.4, -0.2) is 7.11 Å². The number of ether oxygens (including phenoxy) is 1. The maximum Gasteiger partial charge on any atom is 0.138 e. The lowest BCUT2D eigenvalue weighted by Gasteiger charge is -2.21. The molecule has 0 bridgehead atoms. The van der Waals surface area contributed by atoms with Gasteiger partial charge < -0.3 is 4.74 Å². The van der Waals surface area contributed by atoms with Gasteiger partial charge >= 0.3 is 0 Å². The molecule has 0 fully saturated rings. The summed E-state index contributed by atoms with van der Waals surface area (Å²) in [5.41, 5.74) is 1.03. The van der Waals surface area contributed by atoms with E-state index in [-0.39, 0.29) is 4.83 Å². The Morgan fingerprint density at radius 3 is 2.24 bits per heavy atom. The van der Waals surface area contributed by atoms with Crippen LogP contribution in [0.1, 0.15) is 37.1 Å². The first-order valence-corrected chi connectivity index (χ1v) is 7.39. The fourth-order valence-corrected chi connectivity index (χ4v) is 3.65. The number of benzene rings is 1. The number of halogens is 3. The fourth-order valence-electron chi connectivity index (χ4n) is 1.87. The van der Waals surface area contributed by atoms with Gasteiger partial charge in [0.15, 0.2) is 0 Å². The Morgan fingerprint density at radius 2 is 1.76 bits per heavy atom. The summed E-state index contributed by atoms with van der Waals surface area (Å²) in [6.45, 7) is 4.36. The average molecular weight is 340 g/mol. The highest BCUT2D eigenvalue weighted by atomic mass is 79.9. The first-order valence-electron chi connectivity index (χ1n) is 5.72. The van der Waals surface area contributed by atoms with Crippen molar-refractivity contribution in [3.63, 3.8) is 0 Å². The molecule has 0 spiro atoms. The lowest BCUT2D eigenvalue weighted by molar-refractivity contribution is 0.414. The molecule has 0 aromatic heterocycles. The zero-order valence-electron chi connectivity index (χ0n) is 10.3. The van der Waals surface area contributed by atoms with Crippen molar-refractivity contribution in [3.8, 4) is 5.75 Å². The van der Waals surface area contributed by atoms with Gasteiger partial charge in [-0.2, -0.15) is 0 Å². The number of methoxy groups -OCH3 is 1. The second-order valence-electron chi connectivity index (χ2n) is 3.99. The van der Waals surface area contributed by atoms with Gasteiger partial charge in [0.05, 0.1) is 12.1 Å². The van der Waals surface area contributed by atoms with Gasteiger partial charge in [-0.25, -0.2) is 0 Å². The van der Waals surface area contributed by atoms with E-state index in [0.29, 0.717) is 21.7 Å². The summed E-state index contributed by atoms with van der Waals surface area (Å²) in [5.74, 6) is 1.17. The van der Waals surface area contributed by atoms with Gasteiger partial charge in [-0.3, -0.25) is 0 Å². The average Bonchev–Trinajstić information content (AvgIpc) is 2.32. The molecular weight excluding hydrogens is 323 g/mol. The molecule has 1 rings (SSSR count). The number of rotatable bonds is 5. The van der Waals surface area contributed by atoms with Crippen LogP contribution < -0.4 is 4.74 Å². The highest BCUT2D eigenvalue weighted by Gasteiger charge is 2.21. The van der Waals surface area contributed by atoms with Crippen LogP contribution in [0.5, 0.6) is 5.75 Å². The summed E-state index contributed by atoms with van der Waals surface area (Å²) in [5, 5.41) is 1.29. The van der Waals surface area contributed by atoms with Crippen molar-refractivity contribution in [2.75, 3.05) is 7.11 Å². The van der Waals surface area contributed by atoms with E-state index < -0.39 is 0 Å². The molecule has 0 heterocycles. The van der Waals surface area contributed by atoms with E-state index in [2.05, 4.69) is 29.8 Å². The summed E-state index contributed by atoms with van der Waals surface area (Å²) in [4.78, 5) is 0.230. The normalized spacial score (nSPS) is 12.9. The minimum atomic E-state index is 0.230. The summed E-state index contributed by atoms with van der Waals surface area (Å²) in [6, 6.07) is 3.66. The quantitative estimate of drug-likeness (QED) is 0.609. The zero-order chi connectivity index (χ0) is 13.0. The Bertz CT molecular complexity index is 378. The second kappa shape index (κ2) is 6.86. The number of hydrogen-bond donors (Lipinski definition) is 0. The Labute approximate surface area is 122 Å². The van der Waals surface area contributed by atoms with E-state index in [1.165, 1.54) is 0 Å². The van der Waals surface area contributed by atoms with Gasteiger partial charge in [0, 0.05) is 15.9 Å². The molecule has 0 amide bonds. The van der Waals surface area contributed by atoms with Crippen LogP contribution in [0.3, 0.4) is 0 Å². The lowest BCUT2D eigenvalue weighted by Crippen LogP contribution is -2.06. The van der Waals surface area contributed by atoms with Gasteiger partial charge in [0.2, 0.25) is 0 Å². The van der Waals surface area contributed by atoms with Gasteiger partial charge in [0.25, 0.3) is 0 Å². The third kappa shape index (κ3) is 3.52. The maximum absolute atomic E-state index is 6.26. The second-order valence-corrected chi connectivity index (χ2v) is 5.79. The van der Waals surface area contributed by atoms with Crippen LogP contribution in [0.25, 0.3) is 0 Å². The predicted octanol–water partition coefficient (Wildman–Crippen LogP) is 5.87. The van der Waals surface area contributed by atoms with Crippen molar-refractivity contribution in [1.29, 1.82) is 0 Å². The van der Waals surface area contributed by atoms with Crippen molar-refractivity contribution in [2.45, 2.75) is 31.5 Å². The zero-order valence-corrected chi connectivity index (χ0v) is 13.4. The van der Waals surface area contributed by atoms with Crippen LogP contribution in [-0.2, 0) is 0 Å². The van der Waals surface area contributed by atoms with Crippen molar-refractivity contribution >= 4 is 39.1 Å². The molecule has 1 unspecified atom stereocenters. The van der Waals surface area contributed by atoms with Gasteiger partial charge in [0.1, 0.15) is 5.75 Å². The Morgan fingerprint density at radius 1 is 1.18 bits per heavy atom. The van der Waals surface area contributed by atoms with E-state index in [4.69, 9.17) is 27.9 Å². The number of hydrogen-bond acceptors (Lipinski definition) is 1. The molecule has 0 aliphatic heterocycles. The lowest BCUT2D eigenvalue weighted by atomic mass is 9.94. The maximum atomic E-state index is 6.26. The molecule has 0 aliphatic rings. The van der Waals surface area contributed by atoms with Crippen molar-refractivity contribution in [3.05, 3.63) is 27.7 Å².